The Labute approximate surface area is 200 Å². The number of hydrogen-bond donors (Lipinski definition) is 1. The van der Waals surface area contributed by atoms with Gasteiger partial charge in [0.1, 0.15) is 0 Å². The monoisotopic (exact) mass is 481 g/mol. The summed E-state index contributed by atoms with van der Waals surface area (Å²) in [5, 5.41) is 8.11. The summed E-state index contributed by atoms with van der Waals surface area (Å²) in [6.07, 6.45) is 7.79. The lowest BCUT2D eigenvalue weighted by molar-refractivity contribution is 0.102. The first kappa shape index (κ1) is 23.0. The fourth-order valence-corrected chi connectivity index (χ4v) is 6.05. The fourth-order valence-electron chi connectivity index (χ4n) is 4.53. The average molecular weight is 482 g/mol. The summed E-state index contributed by atoms with van der Waals surface area (Å²) in [5.41, 5.74) is 2.75. The van der Waals surface area contributed by atoms with E-state index in [2.05, 4.69) is 10.4 Å². The van der Waals surface area contributed by atoms with Crippen molar-refractivity contribution in [2.75, 3.05) is 18.4 Å². The van der Waals surface area contributed by atoms with Crippen LogP contribution in [0, 0.1) is 0 Å². The lowest BCUT2D eigenvalue weighted by atomic mass is 10.1. The Hall–Kier alpha value is -2.78. The van der Waals surface area contributed by atoms with Gasteiger partial charge in [-0.2, -0.15) is 9.40 Å². The van der Waals surface area contributed by atoms with Gasteiger partial charge in [0.05, 0.1) is 22.0 Å². The molecule has 5 rings (SSSR count). The summed E-state index contributed by atoms with van der Waals surface area (Å²) in [6.45, 7) is 5.20. The standard InChI is InChI=1S/C25H31N5O3S/c1-17(2)30-24-22(16-26-30)21(15-23(28-24)18-7-8-18)25(31)27-19-9-11-20(12-10-19)34(32,33)29-13-5-3-4-6-14-29/h9-12,15-18H,3-8,13-14H2,1-2H3,(H,27,31). The first-order chi connectivity index (χ1) is 16.3. The van der Waals surface area contributed by atoms with Crippen LogP contribution in [0.15, 0.2) is 41.4 Å². The minimum atomic E-state index is -3.52. The third kappa shape index (κ3) is 4.46. The molecule has 0 radical (unpaired) electrons. The molecule has 1 aliphatic carbocycles. The number of hydrogen-bond acceptors (Lipinski definition) is 5. The molecule has 3 aromatic rings. The Kier molecular flexibility index (Phi) is 6.16. The van der Waals surface area contributed by atoms with Crippen molar-refractivity contribution in [3.63, 3.8) is 0 Å². The zero-order chi connectivity index (χ0) is 23.9. The summed E-state index contributed by atoms with van der Waals surface area (Å²) in [6, 6.07) is 8.46. The quantitative estimate of drug-likeness (QED) is 0.550. The van der Waals surface area contributed by atoms with Crippen LogP contribution in [0.1, 0.15) is 80.4 Å². The van der Waals surface area contributed by atoms with E-state index in [0.29, 0.717) is 30.3 Å². The Balaban J connectivity index is 1.39. The molecule has 180 valence electrons. The molecule has 3 heterocycles. The molecule has 1 N–H and O–H groups in total. The Morgan fingerprint density at radius 2 is 1.74 bits per heavy atom. The molecule has 0 atom stereocenters. The zero-order valence-corrected chi connectivity index (χ0v) is 20.5. The molecule has 1 amide bonds. The van der Waals surface area contributed by atoms with Gasteiger partial charge < -0.3 is 5.32 Å². The number of benzene rings is 1. The van der Waals surface area contributed by atoms with E-state index in [9.17, 15) is 13.2 Å². The topological polar surface area (TPSA) is 97.2 Å². The van der Waals surface area contributed by atoms with Gasteiger partial charge >= 0.3 is 0 Å². The van der Waals surface area contributed by atoms with Gasteiger partial charge in [0.2, 0.25) is 10.0 Å². The normalized spacial score (nSPS) is 17.7. The maximum absolute atomic E-state index is 13.3. The van der Waals surface area contributed by atoms with Crippen LogP contribution in [-0.2, 0) is 10.0 Å². The third-order valence-electron chi connectivity index (χ3n) is 6.63. The predicted molar refractivity (Wildman–Crippen MR) is 132 cm³/mol. The Morgan fingerprint density at radius 3 is 2.35 bits per heavy atom. The highest BCUT2D eigenvalue weighted by Crippen LogP contribution is 2.40. The largest absolute Gasteiger partial charge is 0.322 e. The van der Waals surface area contributed by atoms with Crippen molar-refractivity contribution in [1.29, 1.82) is 0 Å². The number of rotatable bonds is 6. The average Bonchev–Trinajstić information content (AvgIpc) is 3.62. The number of pyridine rings is 1. The molecule has 1 saturated carbocycles. The first-order valence-corrected chi connectivity index (χ1v) is 13.6. The van der Waals surface area contributed by atoms with Crippen LogP contribution in [0.2, 0.25) is 0 Å². The van der Waals surface area contributed by atoms with Crippen LogP contribution in [0.5, 0.6) is 0 Å². The fraction of sp³-hybridized carbons (Fsp3) is 0.480. The van der Waals surface area contributed by atoms with Crippen molar-refractivity contribution in [2.45, 2.75) is 69.2 Å². The molecular weight excluding hydrogens is 450 g/mol. The van der Waals surface area contributed by atoms with Crippen molar-refractivity contribution in [3.05, 3.63) is 47.8 Å². The molecule has 2 aliphatic rings. The highest BCUT2D eigenvalue weighted by molar-refractivity contribution is 7.89. The van der Waals surface area contributed by atoms with E-state index in [4.69, 9.17) is 4.98 Å². The maximum Gasteiger partial charge on any atom is 0.256 e. The van der Waals surface area contributed by atoms with Crippen LogP contribution in [0.3, 0.4) is 0 Å². The number of nitrogens with one attached hydrogen (secondary N) is 1. The van der Waals surface area contributed by atoms with Crippen molar-refractivity contribution < 1.29 is 13.2 Å². The van der Waals surface area contributed by atoms with Crippen LogP contribution >= 0.6 is 0 Å². The molecule has 2 aromatic heterocycles. The van der Waals surface area contributed by atoms with E-state index in [1.54, 1.807) is 34.8 Å². The van der Waals surface area contributed by atoms with Crippen LogP contribution in [0.25, 0.3) is 11.0 Å². The number of sulfonamides is 1. The SMILES string of the molecule is CC(C)n1ncc2c(C(=O)Nc3ccc(S(=O)(=O)N4CCCCCC4)cc3)cc(C3CC3)nc21. The lowest BCUT2D eigenvalue weighted by Crippen LogP contribution is -2.31. The summed E-state index contributed by atoms with van der Waals surface area (Å²) < 4.78 is 29.5. The first-order valence-electron chi connectivity index (χ1n) is 12.1. The molecular formula is C25H31N5O3S. The third-order valence-corrected chi connectivity index (χ3v) is 8.54. The number of anilines is 1. The van der Waals surface area contributed by atoms with E-state index in [0.717, 1.165) is 55.3 Å². The predicted octanol–water partition coefficient (Wildman–Crippen LogP) is 4.71. The molecule has 1 aromatic carbocycles. The number of amides is 1. The number of fused-ring (bicyclic) bond motifs is 1. The molecule has 0 unspecified atom stereocenters. The molecule has 2 fully saturated rings. The van der Waals surface area contributed by atoms with Crippen LogP contribution in [-0.4, -0.2) is 46.5 Å². The van der Waals surface area contributed by atoms with Crippen LogP contribution < -0.4 is 5.32 Å². The highest BCUT2D eigenvalue weighted by Gasteiger charge is 2.29. The molecule has 0 bridgehead atoms. The van der Waals surface area contributed by atoms with Gasteiger partial charge in [0, 0.05) is 36.4 Å². The van der Waals surface area contributed by atoms with Gasteiger partial charge in [0.25, 0.3) is 5.91 Å². The van der Waals surface area contributed by atoms with Gasteiger partial charge in [-0.25, -0.2) is 18.1 Å². The summed E-state index contributed by atoms with van der Waals surface area (Å²) in [4.78, 5) is 18.3. The van der Waals surface area contributed by atoms with Gasteiger partial charge in [-0.1, -0.05) is 12.8 Å². The molecule has 1 saturated heterocycles. The van der Waals surface area contributed by atoms with Crippen molar-refractivity contribution >= 4 is 32.7 Å². The number of nitrogens with zero attached hydrogens (tertiary/aromatic N) is 4. The summed E-state index contributed by atoms with van der Waals surface area (Å²) in [7, 11) is -3.52. The second kappa shape index (κ2) is 9.11. The lowest BCUT2D eigenvalue weighted by Gasteiger charge is -2.20. The second-order valence-electron chi connectivity index (χ2n) is 9.59. The Morgan fingerprint density at radius 1 is 1.06 bits per heavy atom. The molecule has 1 aliphatic heterocycles. The number of carbonyl (C=O) groups is 1. The number of aromatic nitrogens is 3. The van der Waals surface area contributed by atoms with Crippen molar-refractivity contribution in [2.24, 2.45) is 0 Å². The van der Waals surface area contributed by atoms with E-state index in [-0.39, 0.29) is 16.8 Å². The summed E-state index contributed by atoms with van der Waals surface area (Å²) >= 11 is 0. The Bertz CT molecular complexity index is 1300. The minimum absolute atomic E-state index is 0.133. The molecule has 8 nitrogen and oxygen atoms in total. The van der Waals surface area contributed by atoms with Gasteiger partial charge in [-0.3, -0.25) is 4.79 Å². The molecule has 9 heteroatoms. The molecule has 34 heavy (non-hydrogen) atoms. The van der Waals surface area contributed by atoms with E-state index in [1.807, 2.05) is 24.6 Å². The zero-order valence-electron chi connectivity index (χ0n) is 19.7. The van der Waals surface area contributed by atoms with Gasteiger partial charge in [-0.15, -0.1) is 0 Å². The van der Waals surface area contributed by atoms with E-state index < -0.39 is 10.0 Å². The van der Waals surface area contributed by atoms with Crippen molar-refractivity contribution in [3.8, 4) is 0 Å². The highest BCUT2D eigenvalue weighted by atomic mass is 32.2. The maximum atomic E-state index is 13.3. The van der Waals surface area contributed by atoms with Gasteiger partial charge in [-0.05, 0) is 69.9 Å². The number of carbonyl (C=O) groups excluding carboxylic acids is 1. The van der Waals surface area contributed by atoms with Crippen molar-refractivity contribution in [1.82, 2.24) is 19.1 Å². The second-order valence-corrected chi connectivity index (χ2v) is 11.5. The van der Waals surface area contributed by atoms with E-state index >= 15 is 0 Å². The minimum Gasteiger partial charge on any atom is -0.322 e. The van der Waals surface area contributed by atoms with Crippen LogP contribution in [0.4, 0.5) is 5.69 Å². The summed E-state index contributed by atoms with van der Waals surface area (Å²) in [5.74, 6) is 0.149. The molecule has 0 spiro atoms. The van der Waals surface area contributed by atoms with Gasteiger partial charge in [0.15, 0.2) is 5.65 Å². The smallest absolute Gasteiger partial charge is 0.256 e. The van der Waals surface area contributed by atoms with E-state index in [1.165, 1.54) is 0 Å².